The van der Waals surface area contributed by atoms with Gasteiger partial charge in [0.2, 0.25) is 5.88 Å². The number of nitrogens with one attached hydrogen (secondary N) is 1. The average Bonchev–Trinajstić information content (AvgIpc) is 2.47. The number of aromatic hydroxyl groups is 1. The van der Waals surface area contributed by atoms with Crippen molar-refractivity contribution in [3.63, 3.8) is 0 Å². The lowest BCUT2D eigenvalue weighted by Gasteiger charge is -2.25. The number of nitrogens with two attached hydrogens (primary N) is 1. The first-order valence-corrected chi connectivity index (χ1v) is 7.59. The lowest BCUT2D eigenvalue weighted by molar-refractivity contribution is 0.372. The smallest absolute Gasteiger partial charge is 0.262 e. The molecular weight excluding hydrogens is 334 g/mol. The van der Waals surface area contributed by atoms with Crippen LogP contribution in [0.25, 0.3) is 11.1 Å². The van der Waals surface area contributed by atoms with Crippen LogP contribution in [0.1, 0.15) is 32.5 Å². The van der Waals surface area contributed by atoms with Gasteiger partial charge in [-0.15, -0.1) is 0 Å². The van der Waals surface area contributed by atoms with Gasteiger partial charge in [0.05, 0.1) is 5.54 Å². The fourth-order valence-electron chi connectivity index (χ4n) is 2.19. The van der Waals surface area contributed by atoms with Crippen LogP contribution in [0, 0.1) is 0 Å². The monoisotopic (exact) mass is 351 g/mol. The first-order chi connectivity index (χ1) is 9.92. The van der Waals surface area contributed by atoms with E-state index < -0.39 is 11.1 Å². The Morgan fingerprint density at radius 2 is 1.95 bits per heavy atom. The molecule has 0 atom stereocenters. The van der Waals surface area contributed by atoms with Gasteiger partial charge in [0.25, 0.3) is 5.56 Å². The van der Waals surface area contributed by atoms with Crippen LogP contribution in [0.4, 0.5) is 0 Å². The van der Waals surface area contributed by atoms with E-state index in [2.05, 4.69) is 25.9 Å². The van der Waals surface area contributed by atoms with Crippen LogP contribution in [-0.2, 0) is 5.54 Å². The van der Waals surface area contributed by atoms with Crippen molar-refractivity contribution in [1.29, 1.82) is 0 Å². The molecule has 5 nitrogen and oxygen atoms in total. The maximum atomic E-state index is 12.4. The van der Waals surface area contributed by atoms with Crippen LogP contribution in [0.5, 0.6) is 5.88 Å². The number of H-pyrrole nitrogens is 1. The van der Waals surface area contributed by atoms with E-state index in [1.165, 1.54) is 0 Å². The van der Waals surface area contributed by atoms with E-state index in [0.717, 1.165) is 0 Å². The van der Waals surface area contributed by atoms with Crippen molar-refractivity contribution < 1.29 is 5.11 Å². The molecule has 0 amide bonds. The Bertz CT molecular complexity index is 708. The Balaban J connectivity index is 2.64. The van der Waals surface area contributed by atoms with Crippen molar-refractivity contribution in [2.24, 2.45) is 5.73 Å². The molecule has 1 heterocycles. The summed E-state index contributed by atoms with van der Waals surface area (Å²) in [5.74, 6) is 0.00294. The van der Waals surface area contributed by atoms with Crippen molar-refractivity contribution in [2.45, 2.75) is 32.2 Å². The number of benzene rings is 1. The molecule has 112 valence electrons. The van der Waals surface area contributed by atoms with E-state index >= 15 is 0 Å². The normalized spacial score (nSPS) is 11.6. The van der Waals surface area contributed by atoms with Crippen LogP contribution in [0.2, 0.25) is 0 Å². The van der Waals surface area contributed by atoms with Gasteiger partial charge in [-0.1, -0.05) is 48.0 Å². The van der Waals surface area contributed by atoms with Gasteiger partial charge in [-0.2, -0.15) is 4.98 Å². The minimum Gasteiger partial charge on any atom is -0.493 e. The summed E-state index contributed by atoms with van der Waals surface area (Å²) in [4.78, 5) is 19.2. The van der Waals surface area contributed by atoms with Crippen molar-refractivity contribution in [1.82, 2.24) is 9.97 Å². The molecule has 0 aliphatic heterocycles. The predicted molar refractivity (Wildman–Crippen MR) is 86.1 cm³/mol. The number of halogens is 1. The van der Waals surface area contributed by atoms with E-state index in [1.807, 2.05) is 19.9 Å². The highest BCUT2D eigenvalue weighted by atomic mass is 79.9. The SMILES string of the molecule is CCC(N)(CC)c1nc(O)c(-c2ccccc2Br)c(=O)[nH]1. The highest BCUT2D eigenvalue weighted by Gasteiger charge is 2.28. The van der Waals surface area contributed by atoms with Crippen molar-refractivity contribution in [3.8, 4) is 17.0 Å². The Hall–Kier alpha value is -1.66. The molecule has 0 fully saturated rings. The van der Waals surface area contributed by atoms with E-state index in [1.54, 1.807) is 18.2 Å². The van der Waals surface area contributed by atoms with Crippen LogP contribution in [-0.4, -0.2) is 15.1 Å². The molecule has 21 heavy (non-hydrogen) atoms. The van der Waals surface area contributed by atoms with Gasteiger partial charge >= 0.3 is 0 Å². The third kappa shape index (κ3) is 2.87. The molecule has 0 bridgehead atoms. The molecule has 0 aliphatic carbocycles. The Morgan fingerprint density at radius 1 is 1.33 bits per heavy atom. The number of rotatable bonds is 4. The Labute approximate surface area is 131 Å². The first-order valence-electron chi connectivity index (χ1n) is 6.80. The molecule has 0 aliphatic rings. The highest BCUT2D eigenvalue weighted by molar-refractivity contribution is 9.10. The maximum Gasteiger partial charge on any atom is 0.262 e. The standard InChI is InChI=1S/C15H18BrN3O2/c1-3-15(17,4-2)14-18-12(20)11(13(21)19-14)9-7-5-6-8-10(9)16/h5-8H,3-4,17H2,1-2H3,(H2,18,19,20,21). The summed E-state index contributed by atoms with van der Waals surface area (Å²) in [6.45, 7) is 3.84. The van der Waals surface area contributed by atoms with Gasteiger partial charge in [-0.3, -0.25) is 4.79 Å². The highest BCUT2D eigenvalue weighted by Crippen LogP contribution is 2.31. The van der Waals surface area contributed by atoms with Gasteiger partial charge in [-0.05, 0) is 18.9 Å². The average molecular weight is 352 g/mol. The molecule has 1 aromatic carbocycles. The van der Waals surface area contributed by atoms with Gasteiger partial charge in [-0.25, -0.2) is 0 Å². The summed E-state index contributed by atoms with van der Waals surface area (Å²) >= 11 is 3.37. The van der Waals surface area contributed by atoms with Crippen molar-refractivity contribution in [2.75, 3.05) is 0 Å². The maximum absolute atomic E-state index is 12.4. The molecule has 0 saturated carbocycles. The zero-order valence-corrected chi connectivity index (χ0v) is 13.6. The molecule has 1 aromatic heterocycles. The number of aromatic nitrogens is 2. The van der Waals surface area contributed by atoms with E-state index in [-0.39, 0.29) is 11.4 Å². The van der Waals surface area contributed by atoms with E-state index in [4.69, 9.17) is 5.73 Å². The van der Waals surface area contributed by atoms with Gasteiger partial charge in [0.15, 0.2) is 0 Å². The Morgan fingerprint density at radius 3 is 2.48 bits per heavy atom. The largest absolute Gasteiger partial charge is 0.493 e. The number of nitrogens with zero attached hydrogens (tertiary/aromatic N) is 1. The minimum atomic E-state index is -0.747. The molecule has 2 aromatic rings. The fraction of sp³-hybridized carbons (Fsp3) is 0.333. The van der Waals surface area contributed by atoms with E-state index in [9.17, 15) is 9.90 Å². The Kier molecular flexibility index (Phi) is 4.49. The summed E-state index contributed by atoms with van der Waals surface area (Å²) < 4.78 is 0.713. The predicted octanol–water partition coefficient (Wildman–Crippen LogP) is 2.88. The zero-order chi connectivity index (χ0) is 15.6. The molecule has 0 radical (unpaired) electrons. The third-order valence-corrected chi connectivity index (χ3v) is 4.47. The van der Waals surface area contributed by atoms with Crippen LogP contribution >= 0.6 is 15.9 Å². The second kappa shape index (κ2) is 5.99. The number of hydrogen-bond donors (Lipinski definition) is 3. The summed E-state index contributed by atoms with van der Waals surface area (Å²) in [7, 11) is 0. The molecular formula is C15H18BrN3O2. The lowest BCUT2D eigenvalue weighted by atomic mass is 9.93. The van der Waals surface area contributed by atoms with Crippen LogP contribution in [0.3, 0.4) is 0 Å². The summed E-state index contributed by atoms with van der Waals surface area (Å²) in [5, 5.41) is 10.2. The quantitative estimate of drug-likeness (QED) is 0.789. The lowest BCUT2D eigenvalue weighted by Crippen LogP contribution is -2.38. The minimum absolute atomic E-state index is 0.140. The molecule has 4 N–H and O–H groups in total. The second-order valence-electron chi connectivity index (χ2n) is 4.96. The number of aromatic amines is 1. The molecule has 0 saturated heterocycles. The molecule has 6 heteroatoms. The first kappa shape index (κ1) is 15.7. The van der Waals surface area contributed by atoms with Crippen LogP contribution in [0.15, 0.2) is 33.5 Å². The second-order valence-corrected chi connectivity index (χ2v) is 5.81. The number of hydrogen-bond acceptors (Lipinski definition) is 4. The third-order valence-electron chi connectivity index (χ3n) is 3.78. The van der Waals surface area contributed by atoms with Crippen molar-refractivity contribution >= 4 is 15.9 Å². The van der Waals surface area contributed by atoms with E-state index in [0.29, 0.717) is 28.7 Å². The summed E-state index contributed by atoms with van der Waals surface area (Å²) in [6.07, 6.45) is 1.22. The summed E-state index contributed by atoms with van der Waals surface area (Å²) in [6, 6.07) is 7.16. The van der Waals surface area contributed by atoms with Crippen LogP contribution < -0.4 is 11.3 Å². The fourth-order valence-corrected chi connectivity index (χ4v) is 2.67. The zero-order valence-electron chi connectivity index (χ0n) is 12.0. The molecule has 2 rings (SSSR count). The van der Waals surface area contributed by atoms with Gasteiger partial charge < -0.3 is 15.8 Å². The molecule has 0 spiro atoms. The van der Waals surface area contributed by atoms with Gasteiger partial charge in [0.1, 0.15) is 11.4 Å². The van der Waals surface area contributed by atoms with Crippen molar-refractivity contribution in [3.05, 3.63) is 44.9 Å². The molecule has 0 unspecified atom stereocenters. The van der Waals surface area contributed by atoms with Gasteiger partial charge in [0, 0.05) is 10.0 Å². The topological polar surface area (TPSA) is 92.0 Å². The summed E-state index contributed by atoms with van der Waals surface area (Å²) in [5.41, 5.74) is 5.80.